The number of methoxy groups -OCH3 is 2. The number of nitro groups is 1. The van der Waals surface area contributed by atoms with Gasteiger partial charge in [-0.25, -0.2) is 0 Å². The summed E-state index contributed by atoms with van der Waals surface area (Å²) in [5, 5.41) is 10.9. The number of benzene rings is 2. The molecule has 0 unspecified atom stereocenters. The van der Waals surface area contributed by atoms with Gasteiger partial charge in [0.05, 0.1) is 24.7 Å². The van der Waals surface area contributed by atoms with E-state index in [1.165, 1.54) is 43.4 Å². The van der Waals surface area contributed by atoms with E-state index < -0.39 is 10.8 Å². The first-order valence-electron chi connectivity index (χ1n) is 9.00. The topological polar surface area (TPSA) is 102 Å². The van der Waals surface area contributed by atoms with Crippen LogP contribution in [0.2, 0.25) is 0 Å². The fraction of sp³-hybridized carbons (Fsp3) is 0.300. The number of hydrogen-bond donors (Lipinski definition) is 0. The largest absolute Gasteiger partial charge is 0.497 e. The van der Waals surface area contributed by atoms with Crippen LogP contribution in [-0.4, -0.2) is 49.1 Å². The summed E-state index contributed by atoms with van der Waals surface area (Å²) in [5.74, 6) is 0.438. The molecule has 0 spiro atoms. The van der Waals surface area contributed by atoms with Gasteiger partial charge in [-0.3, -0.25) is 24.6 Å². The highest BCUT2D eigenvalue weighted by Crippen LogP contribution is 2.29. The van der Waals surface area contributed by atoms with Crippen LogP contribution >= 0.6 is 0 Å². The molecule has 29 heavy (non-hydrogen) atoms. The number of nitro benzene ring substituents is 1. The van der Waals surface area contributed by atoms with Gasteiger partial charge in [0.1, 0.15) is 18.2 Å². The number of rotatable bonds is 7. The molecule has 1 fully saturated rings. The predicted molar refractivity (Wildman–Crippen MR) is 105 cm³/mol. The summed E-state index contributed by atoms with van der Waals surface area (Å²) in [6.45, 7) is 0.597. The van der Waals surface area contributed by atoms with Crippen LogP contribution in [0, 0.1) is 10.1 Å². The van der Waals surface area contributed by atoms with Gasteiger partial charge in [-0.1, -0.05) is 0 Å². The molecule has 0 N–H and O–H groups in total. The molecular formula is C20H21N3O6. The van der Waals surface area contributed by atoms with Gasteiger partial charge in [0.25, 0.3) is 11.6 Å². The summed E-state index contributed by atoms with van der Waals surface area (Å²) >= 11 is 0. The van der Waals surface area contributed by atoms with Crippen molar-refractivity contribution >= 4 is 23.2 Å². The van der Waals surface area contributed by atoms with Crippen molar-refractivity contribution < 1.29 is 24.0 Å². The number of nitrogens with zero attached hydrogens (tertiary/aromatic N) is 3. The van der Waals surface area contributed by atoms with Crippen LogP contribution in [0.25, 0.3) is 0 Å². The van der Waals surface area contributed by atoms with E-state index in [0.29, 0.717) is 35.7 Å². The van der Waals surface area contributed by atoms with E-state index in [1.54, 1.807) is 23.1 Å². The highest BCUT2D eigenvalue weighted by atomic mass is 16.6. The van der Waals surface area contributed by atoms with Crippen LogP contribution in [0.5, 0.6) is 11.5 Å². The van der Waals surface area contributed by atoms with Crippen molar-refractivity contribution in [2.45, 2.75) is 12.8 Å². The standard InChI is InChI=1S/C20H21N3O6/c1-28-16-9-10-17(18(12-16)29-2)20(25)22(13-21-11-3-4-19(21)24)14-5-7-15(8-6-14)23(26)27/h5-10,12H,3-4,11,13H2,1-2H3. The maximum Gasteiger partial charge on any atom is 0.269 e. The van der Waals surface area contributed by atoms with Gasteiger partial charge in [-0.15, -0.1) is 0 Å². The van der Waals surface area contributed by atoms with E-state index in [9.17, 15) is 19.7 Å². The molecule has 9 heteroatoms. The van der Waals surface area contributed by atoms with Crippen molar-refractivity contribution in [3.63, 3.8) is 0 Å². The zero-order valence-corrected chi connectivity index (χ0v) is 16.2. The second kappa shape index (κ2) is 8.59. The van der Waals surface area contributed by atoms with Crippen LogP contribution in [0.3, 0.4) is 0 Å². The summed E-state index contributed by atoms with van der Waals surface area (Å²) in [4.78, 5) is 38.9. The molecule has 1 aliphatic rings. The fourth-order valence-electron chi connectivity index (χ4n) is 3.16. The summed E-state index contributed by atoms with van der Waals surface area (Å²) < 4.78 is 10.5. The molecule has 0 saturated carbocycles. The summed E-state index contributed by atoms with van der Waals surface area (Å²) in [7, 11) is 2.96. The number of amides is 2. The van der Waals surface area contributed by atoms with Gasteiger partial charge in [-0.05, 0) is 30.7 Å². The Hall–Kier alpha value is -3.62. The van der Waals surface area contributed by atoms with Gasteiger partial charge in [-0.2, -0.15) is 0 Å². The van der Waals surface area contributed by atoms with E-state index in [4.69, 9.17) is 9.47 Å². The highest BCUT2D eigenvalue weighted by Gasteiger charge is 2.28. The lowest BCUT2D eigenvalue weighted by Crippen LogP contribution is -2.42. The third-order valence-corrected chi connectivity index (χ3v) is 4.74. The Morgan fingerprint density at radius 1 is 1.17 bits per heavy atom. The van der Waals surface area contributed by atoms with E-state index >= 15 is 0 Å². The lowest BCUT2D eigenvalue weighted by Gasteiger charge is -2.28. The van der Waals surface area contributed by atoms with Crippen LogP contribution in [0.15, 0.2) is 42.5 Å². The second-order valence-electron chi connectivity index (χ2n) is 6.48. The van der Waals surface area contributed by atoms with E-state index in [2.05, 4.69) is 0 Å². The zero-order chi connectivity index (χ0) is 21.0. The first-order chi connectivity index (χ1) is 13.9. The van der Waals surface area contributed by atoms with Gasteiger partial charge in [0, 0.05) is 36.9 Å². The molecule has 0 atom stereocenters. The summed E-state index contributed by atoms with van der Waals surface area (Å²) in [5.41, 5.74) is 0.650. The summed E-state index contributed by atoms with van der Waals surface area (Å²) in [6.07, 6.45) is 1.17. The van der Waals surface area contributed by atoms with Crippen LogP contribution in [0.4, 0.5) is 11.4 Å². The van der Waals surface area contributed by atoms with Gasteiger partial charge in [0.15, 0.2) is 0 Å². The average molecular weight is 399 g/mol. The van der Waals surface area contributed by atoms with Gasteiger partial charge >= 0.3 is 0 Å². The molecule has 2 aromatic carbocycles. The summed E-state index contributed by atoms with van der Waals surface area (Å²) in [6, 6.07) is 10.5. The first-order valence-corrected chi connectivity index (χ1v) is 9.00. The Morgan fingerprint density at radius 2 is 1.90 bits per heavy atom. The maximum absolute atomic E-state index is 13.4. The Kier molecular flexibility index (Phi) is 5.96. The lowest BCUT2D eigenvalue weighted by atomic mass is 10.1. The quantitative estimate of drug-likeness (QED) is 0.524. The number of hydrogen-bond acceptors (Lipinski definition) is 6. The van der Waals surface area contributed by atoms with E-state index in [-0.39, 0.29) is 18.3 Å². The number of carbonyl (C=O) groups is 2. The molecule has 152 valence electrons. The number of non-ortho nitro benzene ring substituents is 1. The minimum absolute atomic E-state index is 0.0357. The molecule has 1 heterocycles. The Bertz CT molecular complexity index is 928. The Labute approximate surface area is 167 Å². The predicted octanol–water partition coefficient (Wildman–Crippen LogP) is 2.84. The van der Waals surface area contributed by atoms with Crippen molar-refractivity contribution in [3.8, 4) is 11.5 Å². The zero-order valence-electron chi connectivity index (χ0n) is 16.2. The molecule has 0 aliphatic carbocycles. The first kappa shape index (κ1) is 20.1. The smallest absolute Gasteiger partial charge is 0.269 e. The van der Waals surface area contributed by atoms with Crippen molar-refractivity contribution in [2.24, 2.45) is 0 Å². The molecule has 2 amide bonds. The van der Waals surface area contributed by atoms with Crippen molar-refractivity contribution in [1.29, 1.82) is 0 Å². The third-order valence-electron chi connectivity index (χ3n) is 4.74. The molecule has 9 nitrogen and oxygen atoms in total. The van der Waals surface area contributed by atoms with Crippen LogP contribution in [0.1, 0.15) is 23.2 Å². The van der Waals surface area contributed by atoms with E-state index in [0.717, 1.165) is 6.42 Å². The molecular weight excluding hydrogens is 378 g/mol. The minimum atomic E-state index is -0.508. The van der Waals surface area contributed by atoms with Gasteiger partial charge < -0.3 is 14.4 Å². The molecule has 1 aliphatic heterocycles. The Balaban J connectivity index is 1.98. The van der Waals surface area contributed by atoms with Crippen LogP contribution < -0.4 is 14.4 Å². The van der Waals surface area contributed by atoms with Crippen molar-refractivity contribution in [3.05, 3.63) is 58.1 Å². The number of likely N-dealkylation sites (tertiary alicyclic amines) is 1. The second-order valence-corrected chi connectivity index (χ2v) is 6.48. The third kappa shape index (κ3) is 4.29. The lowest BCUT2D eigenvalue weighted by molar-refractivity contribution is -0.384. The van der Waals surface area contributed by atoms with Crippen molar-refractivity contribution in [1.82, 2.24) is 4.90 Å². The number of ether oxygens (including phenoxy) is 2. The Morgan fingerprint density at radius 3 is 2.45 bits per heavy atom. The fourth-order valence-corrected chi connectivity index (χ4v) is 3.16. The molecule has 0 aromatic heterocycles. The molecule has 3 rings (SSSR count). The van der Waals surface area contributed by atoms with Crippen molar-refractivity contribution in [2.75, 3.05) is 32.3 Å². The monoisotopic (exact) mass is 399 g/mol. The molecule has 2 aromatic rings. The van der Waals surface area contributed by atoms with E-state index in [1.807, 2.05) is 0 Å². The normalized spacial score (nSPS) is 13.3. The molecule has 1 saturated heterocycles. The molecule has 0 bridgehead atoms. The number of anilines is 1. The minimum Gasteiger partial charge on any atom is -0.497 e. The highest BCUT2D eigenvalue weighted by molar-refractivity contribution is 6.08. The average Bonchev–Trinajstić information content (AvgIpc) is 3.15. The van der Waals surface area contributed by atoms with Crippen LogP contribution in [-0.2, 0) is 4.79 Å². The molecule has 0 radical (unpaired) electrons. The van der Waals surface area contributed by atoms with Gasteiger partial charge in [0.2, 0.25) is 5.91 Å². The SMILES string of the molecule is COc1ccc(C(=O)N(CN2CCCC2=O)c2ccc([N+](=O)[O-])cc2)c(OC)c1. The maximum atomic E-state index is 13.4. The number of carbonyl (C=O) groups excluding carboxylic acids is 2.